The molecule has 0 unspecified atom stereocenters. The summed E-state index contributed by atoms with van der Waals surface area (Å²) in [5.41, 5.74) is 1.80. The fraction of sp³-hybridized carbons (Fsp3) is 0.375. The van der Waals surface area contributed by atoms with Gasteiger partial charge in [0.1, 0.15) is 11.5 Å². The molecule has 9 heteroatoms. The summed E-state index contributed by atoms with van der Waals surface area (Å²) < 4.78 is 40.3. The van der Waals surface area contributed by atoms with E-state index in [1.807, 2.05) is 36.0 Å². The van der Waals surface area contributed by atoms with Crippen molar-refractivity contribution < 1.29 is 22.7 Å². The van der Waals surface area contributed by atoms with Crippen LogP contribution in [0.1, 0.15) is 18.4 Å². The number of methoxy groups -OCH3 is 2. The SMILES string of the molecule is COc1ccc(OC)c(CNC(=O)C2CCN(S(=O)(=O)c3ccc4c(ccn4C)c3)CC2)c1. The Balaban J connectivity index is 1.37. The third kappa shape index (κ3) is 4.69. The van der Waals surface area contributed by atoms with Crippen molar-refractivity contribution in [1.29, 1.82) is 0 Å². The Bertz CT molecular complexity index is 1260. The van der Waals surface area contributed by atoms with Gasteiger partial charge in [0.05, 0.1) is 19.1 Å². The lowest BCUT2D eigenvalue weighted by Gasteiger charge is -2.30. The van der Waals surface area contributed by atoms with E-state index < -0.39 is 10.0 Å². The summed E-state index contributed by atoms with van der Waals surface area (Å²) in [6, 6.07) is 12.5. The third-order valence-electron chi connectivity index (χ3n) is 6.26. The Morgan fingerprint density at radius 1 is 1.06 bits per heavy atom. The number of piperidine rings is 1. The first-order valence-electron chi connectivity index (χ1n) is 10.9. The van der Waals surface area contributed by atoms with Crippen LogP contribution in [0, 0.1) is 5.92 Å². The van der Waals surface area contributed by atoms with Crippen molar-refractivity contribution in [3.05, 3.63) is 54.2 Å². The highest BCUT2D eigenvalue weighted by atomic mass is 32.2. The van der Waals surface area contributed by atoms with Crippen molar-refractivity contribution >= 4 is 26.8 Å². The summed E-state index contributed by atoms with van der Waals surface area (Å²) in [5, 5.41) is 3.85. The zero-order valence-corrected chi connectivity index (χ0v) is 19.9. The molecule has 0 atom stereocenters. The lowest BCUT2D eigenvalue weighted by Crippen LogP contribution is -2.42. The molecule has 2 heterocycles. The van der Waals surface area contributed by atoms with Crippen LogP contribution >= 0.6 is 0 Å². The Labute approximate surface area is 194 Å². The number of nitrogens with one attached hydrogen (secondary N) is 1. The third-order valence-corrected chi connectivity index (χ3v) is 8.15. The molecule has 1 saturated heterocycles. The van der Waals surface area contributed by atoms with Crippen LogP contribution in [0.15, 0.2) is 53.6 Å². The highest BCUT2D eigenvalue weighted by molar-refractivity contribution is 7.89. The van der Waals surface area contributed by atoms with Crippen LogP contribution in [0.3, 0.4) is 0 Å². The topological polar surface area (TPSA) is 89.9 Å². The first-order valence-corrected chi connectivity index (χ1v) is 12.3. The summed E-state index contributed by atoms with van der Waals surface area (Å²) in [7, 11) is 1.49. The molecule has 4 rings (SSSR count). The number of ether oxygens (including phenoxy) is 2. The molecule has 1 aromatic heterocycles. The fourth-order valence-electron chi connectivity index (χ4n) is 4.27. The summed E-state index contributed by atoms with van der Waals surface area (Å²) in [6.45, 7) is 0.945. The molecule has 2 aromatic carbocycles. The average Bonchev–Trinajstić information content (AvgIpc) is 3.22. The molecular weight excluding hydrogens is 442 g/mol. The number of carbonyl (C=O) groups excluding carboxylic acids is 1. The van der Waals surface area contributed by atoms with Gasteiger partial charge < -0.3 is 19.4 Å². The molecule has 0 aliphatic carbocycles. The molecule has 1 N–H and O–H groups in total. The zero-order valence-electron chi connectivity index (χ0n) is 19.1. The number of amides is 1. The monoisotopic (exact) mass is 471 g/mol. The standard InChI is InChI=1S/C24H29N3O5S/c1-26-11-8-18-15-21(5-6-22(18)26)33(29,30)27-12-9-17(10-13-27)24(28)25-16-19-14-20(31-2)4-7-23(19)32-3/h4-8,11,14-15,17H,9-10,12-13,16H2,1-3H3,(H,25,28). The van der Waals surface area contributed by atoms with E-state index in [4.69, 9.17) is 9.47 Å². The minimum atomic E-state index is -3.60. The molecule has 3 aromatic rings. The van der Waals surface area contributed by atoms with Crippen LogP contribution in [0.5, 0.6) is 11.5 Å². The summed E-state index contributed by atoms with van der Waals surface area (Å²) in [5.74, 6) is 1.05. The predicted octanol–water partition coefficient (Wildman–Crippen LogP) is 2.91. The first kappa shape index (κ1) is 23.1. The number of aromatic nitrogens is 1. The number of sulfonamides is 1. The molecular formula is C24H29N3O5S. The second-order valence-corrected chi connectivity index (χ2v) is 10.2. The smallest absolute Gasteiger partial charge is 0.243 e. The number of carbonyl (C=O) groups is 1. The lowest BCUT2D eigenvalue weighted by atomic mass is 9.97. The van der Waals surface area contributed by atoms with Gasteiger partial charge in [0.25, 0.3) is 0 Å². The Hall–Kier alpha value is -3.04. The minimum Gasteiger partial charge on any atom is -0.497 e. The van der Waals surface area contributed by atoms with Gasteiger partial charge in [-0.1, -0.05) is 0 Å². The lowest BCUT2D eigenvalue weighted by molar-refractivity contribution is -0.126. The van der Waals surface area contributed by atoms with E-state index in [1.54, 1.807) is 38.5 Å². The molecule has 8 nitrogen and oxygen atoms in total. The van der Waals surface area contributed by atoms with Gasteiger partial charge in [-0.25, -0.2) is 8.42 Å². The quantitative estimate of drug-likeness (QED) is 0.572. The van der Waals surface area contributed by atoms with Gasteiger partial charge in [-0.3, -0.25) is 4.79 Å². The molecule has 33 heavy (non-hydrogen) atoms. The van der Waals surface area contributed by atoms with E-state index in [9.17, 15) is 13.2 Å². The number of hydrogen-bond acceptors (Lipinski definition) is 5. The molecule has 0 bridgehead atoms. The molecule has 0 radical (unpaired) electrons. The van der Waals surface area contributed by atoms with Crippen LogP contribution in [-0.4, -0.2) is 50.5 Å². The van der Waals surface area contributed by atoms with Crippen LogP contribution in [0.2, 0.25) is 0 Å². The van der Waals surface area contributed by atoms with E-state index >= 15 is 0 Å². The number of aryl methyl sites for hydroxylation is 1. The van der Waals surface area contributed by atoms with Crippen LogP contribution in [-0.2, 0) is 28.4 Å². The number of fused-ring (bicyclic) bond motifs is 1. The van der Waals surface area contributed by atoms with E-state index in [0.29, 0.717) is 44.0 Å². The van der Waals surface area contributed by atoms with E-state index in [-0.39, 0.29) is 16.7 Å². The Morgan fingerprint density at radius 2 is 1.82 bits per heavy atom. The van der Waals surface area contributed by atoms with Crippen molar-refractivity contribution in [1.82, 2.24) is 14.2 Å². The van der Waals surface area contributed by atoms with Gasteiger partial charge in [-0.15, -0.1) is 0 Å². The molecule has 1 amide bonds. The number of rotatable bonds is 7. The highest BCUT2D eigenvalue weighted by Gasteiger charge is 2.32. The maximum absolute atomic E-state index is 13.1. The highest BCUT2D eigenvalue weighted by Crippen LogP contribution is 2.27. The predicted molar refractivity (Wildman–Crippen MR) is 126 cm³/mol. The molecule has 0 spiro atoms. The molecule has 176 valence electrons. The van der Waals surface area contributed by atoms with Crippen molar-refractivity contribution in [2.45, 2.75) is 24.3 Å². The number of benzene rings is 2. The van der Waals surface area contributed by atoms with Crippen molar-refractivity contribution in [3.8, 4) is 11.5 Å². The van der Waals surface area contributed by atoms with Crippen LogP contribution < -0.4 is 14.8 Å². The minimum absolute atomic E-state index is 0.0809. The summed E-state index contributed by atoms with van der Waals surface area (Å²) in [4.78, 5) is 13.0. The van der Waals surface area contributed by atoms with Crippen molar-refractivity contribution in [2.24, 2.45) is 13.0 Å². The van der Waals surface area contributed by atoms with Crippen molar-refractivity contribution in [3.63, 3.8) is 0 Å². The van der Waals surface area contributed by atoms with Crippen LogP contribution in [0.25, 0.3) is 10.9 Å². The average molecular weight is 472 g/mol. The van der Waals surface area contributed by atoms with Gasteiger partial charge in [-0.2, -0.15) is 4.31 Å². The maximum Gasteiger partial charge on any atom is 0.243 e. The summed E-state index contributed by atoms with van der Waals surface area (Å²) in [6.07, 6.45) is 2.87. The number of nitrogens with zero attached hydrogens (tertiary/aromatic N) is 2. The van der Waals surface area contributed by atoms with Gasteiger partial charge >= 0.3 is 0 Å². The van der Waals surface area contributed by atoms with E-state index in [0.717, 1.165) is 16.5 Å². The largest absolute Gasteiger partial charge is 0.497 e. The summed E-state index contributed by atoms with van der Waals surface area (Å²) >= 11 is 0. The van der Waals surface area contributed by atoms with Gasteiger partial charge in [0.15, 0.2) is 0 Å². The van der Waals surface area contributed by atoms with Gasteiger partial charge in [0, 0.05) is 55.3 Å². The van der Waals surface area contributed by atoms with Gasteiger partial charge in [0.2, 0.25) is 15.9 Å². The second-order valence-electron chi connectivity index (χ2n) is 8.22. The first-order chi connectivity index (χ1) is 15.8. The van der Waals surface area contributed by atoms with Crippen molar-refractivity contribution in [2.75, 3.05) is 27.3 Å². The number of hydrogen-bond donors (Lipinski definition) is 1. The van der Waals surface area contributed by atoms with Gasteiger partial charge in [-0.05, 0) is 55.3 Å². The molecule has 1 fully saturated rings. The van der Waals surface area contributed by atoms with E-state index in [1.165, 1.54) is 4.31 Å². The fourth-order valence-corrected chi connectivity index (χ4v) is 5.78. The Morgan fingerprint density at radius 3 is 2.52 bits per heavy atom. The second kappa shape index (κ2) is 9.44. The van der Waals surface area contributed by atoms with E-state index in [2.05, 4.69) is 5.32 Å². The zero-order chi connectivity index (χ0) is 23.6. The maximum atomic E-state index is 13.1. The molecule has 0 saturated carbocycles. The normalized spacial score (nSPS) is 15.5. The Kier molecular flexibility index (Phi) is 6.62. The molecule has 1 aliphatic rings. The van der Waals surface area contributed by atoms with Crippen LogP contribution in [0.4, 0.5) is 0 Å². The molecule has 1 aliphatic heterocycles.